The fourth-order valence-electron chi connectivity index (χ4n) is 4.65. The monoisotopic (exact) mass is 258 g/mol. The highest BCUT2D eigenvalue weighted by molar-refractivity contribution is 7.37. The predicted octanol–water partition coefficient (Wildman–Crippen LogP) is 2.73. The lowest BCUT2D eigenvalue weighted by Gasteiger charge is -2.69. The van der Waals surface area contributed by atoms with Crippen molar-refractivity contribution in [1.82, 2.24) is 0 Å². The van der Waals surface area contributed by atoms with Gasteiger partial charge in [0.05, 0.1) is 11.2 Å². The maximum atomic E-state index is 6.30. The standard InChI is InChI=1S/C13H23O3P/c1-10-7-12(3)15-11(2,9(10)6-17-5)8-13(4,14-10)16-12/h9,17H,6-8H2,1-5H3. The summed E-state index contributed by atoms with van der Waals surface area (Å²) in [5, 5.41) is 0. The summed E-state index contributed by atoms with van der Waals surface area (Å²) in [5.74, 6) is -0.423. The van der Waals surface area contributed by atoms with Gasteiger partial charge >= 0.3 is 0 Å². The molecule has 0 spiro atoms. The second kappa shape index (κ2) is 3.25. The van der Waals surface area contributed by atoms with Gasteiger partial charge in [-0.1, -0.05) is 0 Å². The Bertz CT molecular complexity index is 313. The van der Waals surface area contributed by atoms with Crippen molar-refractivity contribution >= 4 is 8.58 Å². The molecule has 3 nitrogen and oxygen atoms in total. The first kappa shape index (κ1) is 12.3. The third kappa shape index (κ3) is 1.63. The summed E-state index contributed by atoms with van der Waals surface area (Å²) in [6.07, 6.45) is 2.89. The molecule has 4 aliphatic heterocycles. The first-order chi connectivity index (χ1) is 7.73. The Balaban J connectivity index is 2.04. The van der Waals surface area contributed by atoms with Gasteiger partial charge < -0.3 is 14.2 Å². The Morgan fingerprint density at radius 2 is 1.41 bits per heavy atom. The molecule has 4 fully saturated rings. The zero-order chi connectivity index (χ0) is 12.5. The van der Waals surface area contributed by atoms with Crippen LogP contribution in [-0.2, 0) is 14.2 Å². The van der Waals surface area contributed by atoms with Gasteiger partial charge in [-0.05, 0) is 40.5 Å². The number of hydrogen-bond donors (Lipinski definition) is 0. The number of hydrogen-bond acceptors (Lipinski definition) is 3. The Morgan fingerprint density at radius 1 is 0.941 bits per heavy atom. The van der Waals surface area contributed by atoms with Crippen LogP contribution in [0.3, 0.4) is 0 Å². The topological polar surface area (TPSA) is 27.7 Å². The second-order valence-corrected chi connectivity index (χ2v) is 7.78. The first-order valence-electron chi connectivity index (χ1n) is 6.48. The molecule has 4 heteroatoms. The highest BCUT2D eigenvalue weighted by atomic mass is 31.1. The Labute approximate surface area is 105 Å². The summed E-state index contributed by atoms with van der Waals surface area (Å²) in [6.45, 7) is 10.9. The van der Waals surface area contributed by atoms with Crippen molar-refractivity contribution in [2.24, 2.45) is 5.92 Å². The average molecular weight is 258 g/mol. The van der Waals surface area contributed by atoms with Crippen LogP contribution in [0.1, 0.15) is 40.5 Å². The molecule has 98 valence electrons. The molecule has 4 saturated heterocycles. The fourth-order valence-corrected chi connectivity index (χ4v) is 5.92. The maximum absolute atomic E-state index is 6.30. The van der Waals surface area contributed by atoms with Gasteiger partial charge in [0, 0.05) is 18.8 Å². The zero-order valence-corrected chi connectivity index (χ0v) is 12.4. The molecule has 0 saturated carbocycles. The quantitative estimate of drug-likeness (QED) is 0.713. The van der Waals surface area contributed by atoms with Crippen LogP contribution in [0.5, 0.6) is 0 Å². The molecule has 0 aromatic rings. The molecular formula is C13H23O3P. The van der Waals surface area contributed by atoms with E-state index in [-0.39, 0.29) is 11.2 Å². The second-order valence-electron chi connectivity index (χ2n) is 6.66. The molecule has 5 atom stereocenters. The third-order valence-corrected chi connectivity index (χ3v) is 5.37. The summed E-state index contributed by atoms with van der Waals surface area (Å²) in [7, 11) is 0.945. The molecule has 4 heterocycles. The van der Waals surface area contributed by atoms with Crippen LogP contribution in [-0.4, -0.2) is 35.6 Å². The molecule has 4 rings (SSSR count). The van der Waals surface area contributed by atoms with Crippen LogP contribution >= 0.6 is 8.58 Å². The Morgan fingerprint density at radius 3 is 1.82 bits per heavy atom. The van der Waals surface area contributed by atoms with Gasteiger partial charge in [0.25, 0.3) is 0 Å². The highest BCUT2D eigenvalue weighted by Gasteiger charge is 2.70. The van der Waals surface area contributed by atoms with E-state index in [4.69, 9.17) is 14.2 Å². The highest BCUT2D eigenvalue weighted by Crippen LogP contribution is 2.62. The lowest BCUT2D eigenvalue weighted by atomic mass is 9.65. The van der Waals surface area contributed by atoms with Crippen LogP contribution in [0.15, 0.2) is 0 Å². The number of rotatable bonds is 2. The smallest absolute Gasteiger partial charge is 0.172 e. The lowest BCUT2D eigenvalue weighted by Crippen LogP contribution is -2.77. The van der Waals surface area contributed by atoms with Crippen LogP contribution in [0.25, 0.3) is 0 Å². The Hall–Kier alpha value is 0.310. The van der Waals surface area contributed by atoms with E-state index in [0.29, 0.717) is 5.92 Å². The van der Waals surface area contributed by atoms with Crippen LogP contribution in [0, 0.1) is 5.92 Å². The van der Waals surface area contributed by atoms with Crippen LogP contribution < -0.4 is 0 Å². The summed E-state index contributed by atoms with van der Waals surface area (Å²) < 4.78 is 18.6. The minimum absolute atomic E-state index is 0.0873. The van der Waals surface area contributed by atoms with Gasteiger partial charge in [-0.25, -0.2) is 0 Å². The minimum atomic E-state index is -0.456. The molecule has 0 amide bonds. The lowest BCUT2D eigenvalue weighted by molar-refractivity contribution is -0.525. The summed E-state index contributed by atoms with van der Waals surface area (Å²) >= 11 is 0. The van der Waals surface area contributed by atoms with Gasteiger partial charge in [-0.15, -0.1) is 8.58 Å². The summed E-state index contributed by atoms with van der Waals surface area (Å²) in [5.41, 5.74) is -0.175. The van der Waals surface area contributed by atoms with E-state index in [1.165, 1.54) is 6.16 Å². The van der Waals surface area contributed by atoms with Gasteiger partial charge in [-0.3, -0.25) is 0 Å². The van der Waals surface area contributed by atoms with Gasteiger partial charge in [0.15, 0.2) is 11.6 Å². The Kier molecular flexibility index (Phi) is 2.36. The van der Waals surface area contributed by atoms with Crippen molar-refractivity contribution in [2.75, 3.05) is 12.8 Å². The summed E-state index contributed by atoms with van der Waals surface area (Å²) in [6, 6.07) is 0. The number of ether oxygens (including phenoxy) is 3. The molecule has 0 aromatic carbocycles. The van der Waals surface area contributed by atoms with E-state index in [9.17, 15) is 0 Å². The molecule has 4 aliphatic rings. The molecule has 0 N–H and O–H groups in total. The molecule has 17 heavy (non-hydrogen) atoms. The van der Waals surface area contributed by atoms with E-state index in [2.05, 4.69) is 34.4 Å². The zero-order valence-electron chi connectivity index (χ0n) is 11.4. The van der Waals surface area contributed by atoms with Crippen molar-refractivity contribution in [3.8, 4) is 0 Å². The van der Waals surface area contributed by atoms with E-state index < -0.39 is 11.6 Å². The van der Waals surface area contributed by atoms with Crippen molar-refractivity contribution in [1.29, 1.82) is 0 Å². The largest absolute Gasteiger partial charge is 0.343 e. The van der Waals surface area contributed by atoms with Crippen LogP contribution in [0.2, 0.25) is 0 Å². The van der Waals surface area contributed by atoms with Crippen LogP contribution in [0.4, 0.5) is 0 Å². The molecule has 5 unspecified atom stereocenters. The maximum Gasteiger partial charge on any atom is 0.172 e. The van der Waals surface area contributed by atoms with Crippen molar-refractivity contribution < 1.29 is 14.2 Å². The van der Waals surface area contributed by atoms with Crippen molar-refractivity contribution in [3.05, 3.63) is 0 Å². The normalized spacial score (nSPS) is 61.6. The first-order valence-corrected chi connectivity index (χ1v) is 8.19. The predicted molar refractivity (Wildman–Crippen MR) is 68.7 cm³/mol. The summed E-state index contributed by atoms with van der Waals surface area (Å²) in [4.78, 5) is 0. The van der Waals surface area contributed by atoms with E-state index in [1.54, 1.807) is 0 Å². The fraction of sp³-hybridized carbons (Fsp3) is 1.00. The molecule has 0 radical (unpaired) electrons. The molecule has 4 bridgehead atoms. The molecular weight excluding hydrogens is 235 g/mol. The van der Waals surface area contributed by atoms with Gasteiger partial charge in [0.2, 0.25) is 0 Å². The van der Waals surface area contributed by atoms with E-state index in [0.717, 1.165) is 21.4 Å². The minimum Gasteiger partial charge on any atom is -0.343 e. The SMILES string of the molecule is CPCC1C2(C)CC3(C)OC(C)(CC1(C)O3)O2. The van der Waals surface area contributed by atoms with E-state index >= 15 is 0 Å². The van der Waals surface area contributed by atoms with Crippen molar-refractivity contribution in [3.63, 3.8) is 0 Å². The van der Waals surface area contributed by atoms with Crippen molar-refractivity contribution in [2.45, 2.75) is 63.3 Å². The van der Waals surface area contributed by atoms with E-state index in [1.807, 2.05) is 0 Å². The molecule has 0 aliphatic carbocycles. The van der Waals surface area contributed by atoms with Gasteiger partial charge in [0.1, 0.15) is 0 Å². The third-order valence-electron chi connectivity index (χ3n) is 4.56. The van der Waals surface area contributed by atoms with Gasteiger partial charge in [-0.2, -0.15) is 0 Å². The average Bonchev–Trinajstić information content (AvgIpc) is 2.04. The molecule has 0 aromatic heterocycles.